The Morgan fingerprint density at radius 1 is 1.09 bits per heavy atom. The molecule has 23 heavy (non-hydrogen) atoms. The van der Waals surface area contributed by atoms with Crippen LogP contribution >= 0.6 is 11.6 Å². The van der Waals surface area contributed by atoms with E-state index in [2.05, 4.69) is 25.2 Å². The molecule has 0 aliphatic rings. The fraction of sp³-hybridized carbons (Fsp3) is 0.368. The monoisotopic (exact) mass is 333 g/mol. The van der Waals surface area contributed by atoms with E-state index < -0.39 is 0 Å². The third-order valence-electron chi connectivity index (χ3n) is 3.78. The summed E-state index contributed by atoms with van der Waals surface area (Å²) in [7, 11) is 1.66. The Hall–Kier alpha value is -1.71. The van der Waals surface area contributed by atoms with E-state index in [1.54, 1.807) is 7.11 Å². The van der Waals surface area contributed by atoms with Crippen LogP contribution in [0.4, 0.5) is 0 Å². The van der Waals surface area contributed by atoms with Crippen molar-refractivity contribution in [3.05, 3.63) is 58.6 Å². The van der Waals surface area contributed by atoms with Gasteiger partial charge in [0, 0.05) is 17.6 Å². The van der Waals surface area contributed by atoms with Crippen LogP contribution in [-0.2, 0) is 13.2 Å². The molecule has 0 bridgehead atoms. The van der Waals surface area contributed by atoms with E-state index in [4.69, 9.17) is 21.1 Å². The molecule has 0 saturated heterocycles. The van der Waals surface area contributed by atoms with Crippen molar-refractivity contribution in [3.63, 3.8) is 0 Å². The molecule has 0 aliphatic heterocycles. The van der Waals surface area contributed by atoms with Crippen LogP contribution in [0.1, 0.15) is 31.4 Å². The largest absolute Gasteiger partial charge is 0.493 e. The molecule has 1 unspecified atom stereocenters. The number of rotatable bonds is 8. The number of halogens is 1. The lowest BCUT2D eigenvalue weighted by molar-refractivity contribution is 0.284. The Morgan fingerprint density at radius 2 is 1.91 bits per heavy atom. The van der Waals surface area contributed by atoms with Crippen LogP contribution in [0.5, 0.6) is 11.5 Å². The maximum atomic E-state index is 5.99. The molecule has 2 aromatic rings. The number of hydrogen-bond acceptors (Lipinski definition) is 3. The highest BCUT2D eigenvalue weighted by atomic mass is 35.5. The smallest absolute Gasteiger partial charge is 0.161 e. The Balaban J connectivity index is 2.01. The average molecular weight is 334 g/mol. The van der Waals surface area contributed by atoms with Crippen molar-refractivity contribution in [2.75, 3.05) is 7.11 Å². The van der Waals surface area contributed by atoms with Crippen LogP contribution in [0, 0.1) is 0 Å². The van der Waals surface area contributed by atoms with Gasteiger partial charge in [0.15, 0.2) is 11.5 Å². The van der Waals surface area contributed by atoms with Gasteiger partial charge in [-0.2, -0.15) is 0 Å². The molecule has 3 nitrogen and oxygen atoms in total. The van der Waals surface area contributed by atoms with Crippen LogP contribution < -0.4 is 14.8 Å². The van der Waals surface area contributed by atoms with Gasteiger partial charge in [-0.05, 0) is 48.7 Å². The van der Waals surface area contributed by atoms with Crippen molar-refractivity contribution in [2.24, 2.45) is 0 Å². The molecule has 0 fully saturated rings. The molecular weight excluding hydrogens is 310 g/mol. The number of hydrogen-bond donors (Lipinski definition) is 1. The summed E-state index contributed by atoms with van der Waals surface area (Å²) in [6.45, 7) is 5.63. The van der Waals surface area contributed by atoms with Crippen LogP contribution in [0.3, 0.4) is 0 Å². The van der Waals surface area contributed by atoms with E-state index in [1.165, 1.54) is 5.56 Å². The first-order chi connectivity index (χ1) is 11.1. The third-order valence-corrected chi connectivity index (χ3v) is 4.01. The molecule has 1 N–H and O–H groups in total. The Kier molecular flexibility index (Phi) is 6.75. The maximum absolute atomic E-state index is 5.99. The summed E-state index contributed by atoms with van der Waals surface area (Å²) in [5.74, 6) is 1.48. The first-order valence-electron chi connectivity index (χ1n) is 7.90. The highest BCUT2D eigenvalue weighted by Gasteiger charge is 2.07. The van der Waals surface area contributed by atoms with Gasteiger partial charge in [-0.15, -0.1) is 0 Å². The molecule has 0 radical (unpaired) electrons. The van der Waals surface area contributed by atoms with E-state index in [0.717, 1.165) is 30.0 Å². The van der Waals surface area contributed by atoms with E-state index in [1.807, 2.05) is 36.4 Å². The standard InChI is InChI=1S/C19H24ClNO2/c1-4-14(2)21-12-15-8-9-18(19(11-15)22-3)23-13-16-6-5-7-17(20)10-16/h5-11,14,21H,4,12-13H2,1-3H3. The highest BCUT2D eigenvalue weighted by molar-refractivity contribution is 6.30. The normalized spacial score (nSPS) is 12.0. The zero-order chi connectivity index (χ0) is 16.7. The molecule has 0 aliphatic carbocycles. The second-order valence-electron chi connectivity index (χ2n) is 5.59. The van der Waals surface area contributed by atoms with Crippen molar-refractivity contribution < 1.29 is 9.47 Å². The Labute approximate surface area is 143 Å². The third kappa shape index (κ3) is 5.45. The van der Waals surface area contributed by atoms with Crippen LogP contribution in [0.25, 0.3) is 0 Å². The van der Waals surface area contributed by atoms with Crippen LogP contribution in [-0.4, -0.2) is 13.2 Å². The average Bonchev–Trinajstić information content (AvgIpc) is 2.58. The van der Waals surface area contributed by atoms with Gasteiger partial charge < -0.3 is 14.8 Å². The molecule has 2 aromatic carbocycles. The maximum Gasteiger partial charge on any atom is 0.161 e. The molecular formula is C19H24ClNO2. The summed E-state index contributed by atoms with van der Waals surface area (Å²) in [6.07, 6.45) is 1.11. The Morgan fingerprint density at radius 3 is 2.61 bits per heavy atom. The molecule has 0 aromatic heterocycles. The fourth-order valence-corrected chi connectivity index (χ4v) is 2.38. The van der Waals surface area contributed by atoms with E-state index in [9.17, 15) is 0 Å². The number of methoxy groups -OCH3 is 1. The first-order valence-corrected chi connectivity index (χ1v) is 8.27. The Bertz CT molecular complexity index is 631. The molecule has 2 rings (SSSR count). The minimum absolute atomic E-state index is 0.460. The second-order valence-corrected chi connectivity index (χ2v) is 6.03. The van der Waals surface area contributed by atoms with Gasteiger partial charge in [-0.1, -0.05) is 36.7 Å². The molecule has 1 atom stereocenters. The van der Waals surface area contributed by atoms with Crippen molar-refractivity contribution in [1.82, 2.24) is 5.32 Å². The van der Waals surface area contributed by atoms with Gasteiger partial charge in [0.1, 0.15) is 6.61 Å². The lowest BCUT2D eigenvalue weighted by Crippen LogP contribution is -2.24. The summed E-state index contributed by atoms with van der Waals surface area (Å²) in [6, 6.07) is 14.2. The lowest BCUT2D eigenvalue weighted by atomic mass is 10.1. The number of benzene rings is 2. The zero-order valence-corrected chi connectivity index (χ0v) is 14.7. The second kappa shape index (κ2) is 8.80. The predicted molar refractivity (Wildman–Crippen MR) is 95.4 cm³/mol. The fourth-order valence-electron chi connectivity index (χ4n) is 2.17. The molecule has 0 spiro atoms. The van der Waals surface area contributed by atoms with Gasteiger partial charge in [0.2, 0.25) is 0 Å². The summed E-state index contributed by atoms with van der Waals surface area (Å²) < 4.78 is 11.3. The molecule has 4 heteroatoms. The summed E-state index contributed by atoms with van der Waals surface area (Å²) in [5, 5.41) is 4.18. The van der Waals surface area contributed by atoms with Crippen molar-refractivity contribution >= 4 is 11.6 Å². The SMILES string of the molecule is CCC(C)NCc1ccc(OCc2cccc(Cl)c2)c(OC)c1. The zero-order valence-electron chi connectivity index (χ0n) is 13.9. The molecule has 124 valence electrons. The topological polar surface area (TPSA) is 30.5 Å². The summed E-state index contributed by atoms with van der Waals surface area (Å²) in [5.41, 5.74) is 2.21. The minimum atomic E-state index is 0.460. The minimum Gasteiger partial charge on any atom is -0.493 e. The van der Waals surface area contributed by atoms with Crippen LogP contribution in [0.2, 0.25) is 5.02 Å². The lowest BCUT2D eigenvalue weighted by Gasteiger charge is -2.14. The highest BCUT2D eigenvalue weighted by Crippen LogP contribution is 2.29. The number of nitrogens with one attached hydrogen (secondary N) is 1. The predicted octanol–water partition coefficient (Wildman–Crippen LogP) is 4.82. The van der Waals surface area contributed by atoms with Crippen LogP contribution in [0.15, 0.2) is 42.5 Å². The molecule has 0 amide bonds. The van der Waals surface area contributed by atoms with Crippen molar-refractivity contribution in [3.8, 4) is 11.5 Å². The number of ether oxygens (including phenoxy) is 2. The summed E-state index contributed by atoms with van der Waals surface area (Å²) >= 11 is 5.99. The van der Waals surface area contributed by atoms with Gasteiger partial charge in [-0.25, -0.2) is 0 Å². The first kappa shape index (κ1) is 17.6. The van der Waals surface area contributed by atoms with E-state index >= 15 is 0 Å². The van der Waals surface area contributed by atoms with Gasteiger partial charge in [0.25, 0.3) is 0 Å². The van der Waals surface area contributed by atoms with Crippen molar-refractivity contribution in [2.45, 2.75) is 39.5 Å². The van der Waals surface area contributed by atoms with Gasteiger partial charge >= 0.3 is 0 Å². The van der Waals surface area contributed by atoms with Gasteiger partial charge in [-0.3, -0.25) is 0 Å². The summed E-state index contributed by atoms with van der Waals surface area (Å²) in [4.78, 5) is 0. The van der Waals surface area contributed by atoms with Gasteiger partial charge in [0.05, 0.1) is 7.11 Å². The quantitative estimate of drug-likeness (QED) is 0.751. The molecule has 0 heterocycles. The van der Waals surface area contributed by atoms with E-state index in [-0.39, 0.29) is 0 Å². The van der Waals surface area contributed by atoms with E-state index in [0.29, 0.717) is 17.7 Å². The molecule has 0 saturated carbocycles. The van der Waals surface area contributed by atoms with Crippen molar-refractivity contribution in [1.29, 1.82) is 0 Å².